The molecular weight excluding hydrogens is 114 g/mol. The molecule has 1 unspecified atom stereocenters. The van der Waals surface area contributed by atoms with Crippen LogP contribution in [0.25, 0.3) is 10.4 Å². The Morgan fingerprint density at radius 2 is 2.33 bits per heavy atom. The van der Waals surface area contributed by atoms with Gasteiger partial charge < -0.3 is 0 Å². The van der Waals surface area contributed by atoms with Crippen molar-refractivity contribution >= 4 is 0 Å². The molecule has 9 heavy (non-hydrogen) atoms. The summed E-state index contributed by atoms with van der Waals surface area (Å²) < 4.78 is 0. The highest BCUT2D eigenvalue weighted by Gasteiger charge is 1.94. The molecule has 0 saturated heterocycles. The van der Waals surface area contributed by atoms with Gasteiger partial charge in [0.05, 0.1) is 0 Å². The summed E-state index contributed by atoms with van der Waals surface area (Å²) in [4.78, 5) is 2.67. The zero-order chi connectivity index (χ0) is 7.11. The largest absolute Gasteiger partial charge is 0.0940 e. The lowest BCUT2D eigenvalue weighted by Crippen LogP contribution is -1.93. The highest BCUT2D eigenvalue weighted by atomic mass is 15.1. The van der Waals surface area contributed by atoms with Gasteiger partial charge in [0, 0.05) is 11.5 Å². The Kier molecular flexibility index (Phi) is 5.03. The molecule has 52 valence electrons. The standard InChI is InChI=1S/C6H13N3/c1-3-6(2)4-5-8-9-7/h6H,3-5H2,1-2H3. The van der Waals surface area contributed by atoms with Crippen molar-refractivity contribution in [2.24, 2.45) is 11.0 Å². The minimum Gasteiger partial charge on any atom is -0.0940 e. The Hall–Kier alpha value is -0.690. The molecule has 0 heterocycles. The number of nitrogens with zero attached hydrogens (tertiary/aromatic N) is 3. The van der Waals surface area contributed by atoms with E-state index >= 15 is 0 Å². The second-order valence-corrected chi connectivity index (χ2v) is 2.26. The molecular formula is C6H13N3. The lowest BCUT2D eigenvalue weighted by atomic mass is 10.1. The van der Waals surface area contributed by atoms with Gasteiger partial charge in [-0.2, -0.15) is 0 Å². The fourth-order valence-corrected chi connectivity index (χ4v) is 0.527. The highest BCUT2D eigenvalue weighted by molar-refractivity contribution is 4.53. The van der Waals surface area contributed by atoms with Crippen LogP contribution in [0, 0.1) is 5.92 Å². The molecule has 0 aromatic rings. The smallest absolute Gasteiger partial charge is 0.0260 e. The van der Waals surface area contributed by atoms with Crippen LogP contribution >= 0.6 is 0 Å². The molecule has 0 N–H and O–H groups in total. The highest BCUT2D eigenvalue weighted by Crippen LogP contribution is 2.05. The molecule has 0 rings (SSSR count). The quantitative estimate of drug-likeness (QED) is 0.317. The molecule has 0 aliphatic rings. The molecule has 3 nitrogen and oxygen atoms in total. The molecule has 0 aromatic carbocycles. The minimum atomic E-state index is 0.644. The molecule has 0 spiro atoms. The van der Waals surface area contributed by atoms with Crippen molar-refractivity contribution < 1.29 is 0 Å². The maximum absolute atomic E-state index is 7.91. The molecule has 0 aromatic heterocycles. The second-order valence-electron chi connectivity index (χ2n) is 2.26. The van der Waals surface area contributed by atoms with E-state index in [4.69, 9.17) is 5.53 Å². The van der Waals surface area contributed by atoms with Crippen LogP contribution in [0.5, 0.6) is 0 Å². The monoisotopic (exact) mass is 127 g/mol. The van der Waals surface area contributed by atoms with Gasteiger partial charge in [0.15, 0.2) is 0 Å². The molecule has 0 radical (unpaired) electrons. The molecule has 0 aliphatic heterocycles. The van der Waals surface area contributed by atoms with Crippen LogP contribution in [0.4, 0.5) is 0 Å². The molecule has 0 amide bonds. The molecule has 0 saturated carbocycles. The third kappa shape index (κ3) is 5.18. The number of rotatable bonds is 4. The average Bonchev–Trinajstić information content (AvgIpc) is 1.89. The number of azide groups is 1. The SMILES string of the molecule is CCC(C)CCN=[N+]=[N-]. The van der Waals surface area contributed by atoms with Crippen molar-refractivity contribution in [1.29, 1.82) is 0 Å². The van der Waals surface area contributed by atoms with Crippen molar-refractivity contribution in [3.8, 4) is 0 Å². The third-order valence-electron chi connectivity index (χ3n) is 1.48. The van der Waals surface area contributed by atoms with E-state index in [1.54, 1.807) is 0 Å². The topological polar surface area (TPSA) is 48.8 Å². The van der Waals surface area contributed by atoms with Gasteiger partial charge in [0.25, 0.3) is 0 Å². The third-order valence-corrected chi connectivity index (χ3v) is 1.48. The van der Waals surface area contributed by atoms with Gasteiger partial charge in [-0.1, -0.05) is 25.4 Å². The lowest BCUT2D eigenvalue weighted by molar-refractivity contribution is 0.524. The Labute approximate surface area is 55.7 Å². The van der Waals surface area contributed by atoms with Gasteiger partial charge >= 0.3 is 0 Å². The fourth-order valence-electron chi connectivity index (χ4n) is 0.527. The summed E-state index contributed by atoms with van der Waals surface area (Å²) in [6, 6.07) is 0. The van der Waals surface area contributed by atoms with Crippen LogP contribution in [0.1, 0.15) is 26.7 Å². The zero-order valence-corrected chi connectivity index (χ0v) is 6.04. The van der Waals surface area contributed by atoms with Gasteiger partial charge in [0.2, 0.25) is 0 Å². The maximum atomic E-state index is 7.91. The molecule has 1 atom stereocenters. The average molecular weight is 127 g/mol. The summed E-state index contributed by atoms with van der Waals surface area (Å²) in [6.45, 7) is 4.94. The first-order chi connectivity index (χ1) is 4.31. The molecule has 0 aliphatic carbocycles. The Balaban J connectivity index is 3.16. The first-order valence-electron chi connectivity index (χ1n) is 3.32. The van der Waals surface area contributed by atoms with E-state index in [9.17, 15) is 0 Å². The van der Waals surface area contributed by atoms with E-state index in [0.29, 0.717) is 12.5 Å². The van der Waals surface area contributed by atoms with E-state index in [-0.39, 0.29) is 0 Å². The first kappa shape index (κ1) is 8.31. The van der Waals surface area contributed by atoms with Crippen molar-refractivity contribution in [1.82, 2.24) is 0 Å². The zero-order valence-electron chi connectivity index (χ0n) is 6.04. The predicted molar refractivity (Wildman–Crippen MR) is 38.1 cm³/mol. The van der Waals surface area contributed by atoms with Crippen molar-refractivity contribution in [3.63, 3.8) is 0 Å². The van der Waals surface area contributed by atoms with Crippen LogP contribution in [0.15, 0.2) is 5.11 Å². The Bertz CT molecular complexity index is 105. The normalized spacial score (nSPS) is 12.2. The maximum Gasteiger partial charge on any atom is 0.0260 e. The van der Waals surface area contributed by atoms with Crippen LogP contribution < -0.4 is 0 Å². The predicted octanol–water partition coefficient (Wildman–Crippen LogP) is 2.73. The number of hydrogen-bond donors (Lipinski definition) is 0. The second kappa shape index (κ2) is 5.45. The lowest BCUT2D eigenvalue weighted by Gasteiger charge is -2.02. The number of hydrogen-bond acceptors (Lipinski definition) is 1. The van der Waals surface area contributed by atoms with Gasteiger partial charge in [0.1, 0.15) is 0 Å². The van der Waals surface area contributed by atoms with Crippen molar-refractivity contribution in [3.05, 3.63) is 10.4 Å². The van der Waals surface area contributed by atoms with Crippen LogP contribution in [-0.4, -0.2) is 6.54 Å². The van der Waals surface area contributed by atoms with E-state index in [0.717, 1.165) is 6.42 Å². The van der Waals surface area contributed by atoms with Gasteiger partial charge in [-0.05, 0) is 17.9 Å². The summed E-state index contributed by atoms with van der Waals surface area (Å²) in [6.07, 6.45) is 2.18. The first-order valence-corrected chi connectivity index (χ1v) is 3.32. The summed E-state index contributed by atoms with van der Waals surface area (Å²) in [5.41, 5.74) is 7.91. The summed E-state index contributed by atoms with van der Waals surface area (Å²) in [5, 5.41) is 3.44. The summed E-state index contributed by atoms with van der Waals surface area (Å²) >= 11 is 0. The molecule has 3 heteroatoms. The van der Waals surface area contributed by atoms with E-state index in [1.807, 2.05) is 0 Å². The van der Waals surface area contributed by atoms with E-state index in [2.05, 4.69) is 23.9 Å². The summed E-state index contributed by atoms with van der Waals surface area (Å²) in [5.74, 6) is 0.690. The van der Waals surface area contributed by atoms with Crippen LogP contribution in [-0.2, 0) is 0 Å². The Morgan fingerprint density at radius 1 is 1.67 bits per heavy atom. The van der Waals surface area contributed by atoms with Gasteiger partial charge in [-0.25, -0.2) is 0 Å². The van der Waals surface area contributed by atoms with Gasteiger partial charge in [-0.3, -0.25) is 0 Å². The molecule has 0 fully saturated rings. The van der Waals surface area contributed by atoms with E-state index < -0.39 is 0 Å². The fraction of sp³-hybridized carbons (Fsp3) is 1.00. The Morgan fingerprint density at radius 3 is 2.78 bits per heavy atom. The van der Waals surface area contributed by atoms with Crippen molar-refractivity contribution in [2.75, 3.05) is 6.54 Å². The molecule has 0 bridgehead atoms. The minimum absolute atomic E-state index is 0.644. The van der Waals surface area contributed by atoms with Crippen molar-refractivity contribution in [2.45, 2.75) is 26.7 Å². The van der Waals surface area contributed by atoms with Crippen LogP contribution in [0.2, 0.25) is 0 Å². The van der Waals surface area contributed by atoms with Crippen LogP contribution in [0.3, 0.4) is 0 Å². The summed E-state index contributed by atoms with van der Waals surface area (Å²) in [7, 11) is 0. The van der Waals surface area contributed by atoms with E-state index in [1.165, 1.54) is 6.42 Å². The van der Waals surface area contributed by atoms with Gasteiger partial charge in [-0.15, -0.1) is 0 Å².